The average Bonchev–Trinajstić information content (AvgIpc) is 3.54. The molecule has 1 aromatic heterocycles. The van der Waals surface area contributed by atoms with Crippen LogP contribution in [0, 0.1) is 5.92 Å². The normalized spacial score (nSPS) is 20.3. The maximum atomic E-state index is 13.6. The van der Waals surface area contributed by atoms with Crippen LogP contribution in [0.2, 0.25) is 0 Å². The lowest BCUT2D eigenvalue weighted by atomic mass is 9.84. The van der Waals surface area contributed by atoms with E-state index in [2.05, 4.69) is 14.7 Å². The molecule has 5 rings (SSSR count). The van der Waals surface area contributed by atoms with E-state index in [9.17, 15) is 36.3 Å². The molecule has 0 radical (unpaired) electrons. The second-order valence-corrected chi connectivity index (χ2v) is 13.2. The summed E-state index contributed by atoms with van der Waals surface area (Å²) in [6.45, 7) is 2.93. The first-order valence-electron chi connectivity index (χ1n) is 14.0. The number of nitrogens with zero attached hydrogens (tertiary/aromatic N) is 5. The molecule has 42 heavy (non-hydrogen) atoms. The highest BCUT2D eigenvalue weighted by molar-refractivity contribution is 7.92. The smallest absolute Gasteiger partial charge is 0.416 e. The number of nitrogens with one attached hydrogen (secondary N) is 1. The molecule has 15 heteroatoms. The van der Waals surface area contributed by atoms with Gasteiger partial charge in [0, 0.05) is 56.2 Å². The van der Waals surface area contributed by atoms with Crippen molar-refractivity contribution in [1.29, 1.82) is 0 Å². The minimum absolute atomic E-state index is 0.0563. The first kappa shape index (κ1) is 30.1. The summed E-state index contributed by atoms with van der Waals surface area (Å²) in [7, 11) is -3.53. The third kappa shape index (κ3) is 6.51. The number of amides is 1. The number of aromatic nitrogens is 2. The van der Waals surface area contributed by atoms with Crippen molar-refractivity contribution in [3.8, 4) is 0 Å². The minimum atomic E-state index is -4.49. The van der Waals surface area contributed by atoms with Gasteiger partial charge in [-0.15, -0.1) is 5.10 Å². The minimum Gasteiger partial charge on any atom is -0.481 e. The van der Waals surface area contributed by atoms with Gasteiger partial charge in [0.1, 0.15) is 0 Å². The van der Waals surface area contributed by atoms with E-state index in [1.54, 1.807) is 11.0 Å². The number of sulfonamides is 1. The number of carbonyl (C=O) groups is 2. The van der Waals surface area contributed by atoms with Gasteiger partial charge in [-0.1, -0.05) is 6.07 Å². The quantitative estimate of drug-likeness (QED) is 0.506. The van der Waals surface area contributed by atoms with Crippen molar-refractivity contribution in [3.63, 3.8) is 0 Å². The lowest BCUT2D eigenvalue weighted by molar-refractivity contribution is -0.142. The third-order valence-corrected chi connectivity index (χ3v) is 9.32. The van der Waals surface area contributed by atoms with E-state index in [0.717, 1.165) is 42.0 Å². The molecule has 11 nitrogen and oxygen atoms in total. The SMILES string of the molecule is CS(=O)(=O)Nc1ccn(C(=O)N2CCC3(CCCN3Cc3ccc(C(F)(F)F)cc3N3CCC(C(=O)O)CC3)CC2)n1. The molecule has 1 spiro atoms. The number of halogens is 3. The molecule has 1 amide bonds. The molecule has 1 aromatic carbocycles. The number of rotatable bonds is 6. The van der Waals surface area contributed by atoms with Crippen LogP contribution in [0.3, 0.4) is 0 Å². The number of alkyl halides is 3. The van der Waals surface area contributed by atoms with E-state index in [1.807, 2.05) is 4.90 Å². The molecular weight excluding hydrogens is 577 g/mol. The Kier molecular flexibility index (Phi) is 8.18. The van der Waals surface area contributed by atoms with E-state index in [4.69, 9.17) is 0 Å². The van der Waals surface area contributed by atoms with Gasteiger partial charge in [0.05, 0.1) is 17.7 Å². The molecule has 230 valence electrons. The topological polar surface area (TPSA) is 128 Å². The predicted molar refractivity (Wildman–Crippen MR) is 149 cm³/mol. The Balaban J connectivity index is 1.29. The van der Waals surface area contributed by atoms with Gasteiger partial charge in [0.15, 0.2) is 5.82 Å². The Labute approximate surface area is 242 Å². The van der Waals surface area contributed by atoms with E-state index >= 15 is 0 Å². The number of likely N-dealkylation sites (tertiary alicyclic amines) is 2. The number of hydrogen-bond donors (Lipinski definition) is 2. The number of aliphatic carboxylic acids is 1. The van der Waals surface area contributed by atoms with Crippen molar-refractivity contribution in [2.75, 3.05) is 48.6 Å². The highest BCUT2D eigenvalue weighted by atomic mass is 32.2. The van der Waals surface area contributed by atoms with Gasteiger partial charge >= 0.3 is 18.2 Å². The summed E-state index contributed by atoms with van der Waals surface area (Å²) < 4.78 is 67.2. The van der Waals surface area contributed by atoms with Gasteiger partial charge in [-0.2, -0.15) is 17.9 Å². The molecule has 4 heterocycles. The number of benzene rings is 1. The van der Waals surface area contributed by atoms with Crippen LogP contribution in [0.25, 0.3) is 0 Å². The van der Waals surface area contributed by atoms with E-state index in [1.165, 1.54) is 18.3 Å². The van der Waals surface area contributed by atoms with Crippen LogP contribution in [-0.2, 0) is 27.5 Å². The standard InChI is InChI=1S/C27H35F3N6O5S/c1-42(40,41)32-23-7-14-36(31-23)25(39)34-15-9-26(10-16-34)8-2-11-35(26)18-20-3-4-21(27(28,29)30)17-22(20)33-12-5-19(6-13-33)24(37)38/h3-4,7,14,17,19H,2,5-6,8-13,15-16,18H2,1H3,(H,31,32)(H,37,38). The molecule has 3 aliphatic rings. The van der Waals surface area contributed by atoms with E-state index in [-0.39, 0.29) is 17.4 Å². The summed E-state index contributed by atoms with van der Waals surface area (Å²) in [5, 5.41) is 13.4. The summed E-state index contributed by atoms with van der Waals surface area (Å²) in [5.74, 6) is -1.31. The largest absolute Gasteiger partial charge is 0.481 e. The zero-order chi connectivity index (χ0) is 30.3. The van der Waals surface area contributed by atoms with Crippen molar-refractivity contribution in [2.24, 2.45) is 5.92 Å². The summed E-state index contributed by atoms with van der Waals surface area (Å²) in [6.07, 6.45) is 1.91. The molecule has 2 aromatic rings. The van der Waals surface area contributed by atoms with Gasteiger partial charge in [-0.05, 0) is 62.8 Å². The highest BCUT2D eigenvalue weighted by Crippen LogP contribution is 2.42. The molecular formula is C27H35F3N6O5S. The van der Waals surface area contributed by atoms with Crippen molar-refractivity contribution in [1.82, 2.24) is 19.6 Å². The Hall–Kier alpha value is -3.33. The van der Waals surface area contributed by atoms with Gasteiger partial charge in [0.2, 0.25) is 10.0 Å². The maximum Gasteiger partial charge on any atom is 0.416 e. The maximum absolute atomic E-state index is 13.6. The summed E-state index contributed by atoms with van der Waals surface area (Å²) in [4.78, 5) is 30.4. The number of anilines is 2. The zero-order valence-electron chi connectivity index (χ0n) is 23.3. The molecule has 0 unspecified atom stereocenters. The zero-order valence-corrected chi connectivity index (χ0v) is 24.1. The monoisotopic (exact) mass is 612 g/mol. The van der Waals surface area contributed by atoms with E-state index < -0.39 is 33.7 Å². The molecule has 0 aliphatic carbocycles. The van der Waals surface area contributed by atoms with Gasteiger partial charge in [-0.3, -0.25) is 14.4 Å². The van der Waals surface area contributed by atoms with Crippen molar-refractivity contribution in [2.45, 2.75) is 56.8 Å². The summed E-state index contributed by atoms with van der Waals surface area (Å²) >= 11 is 0. The fraction of sp³-hybridized carbons (Fsp3) is 0.593. The second kappa shape index (κ2) is 11.4. The lowest BCUT2D eigenvalue weighted by Gasteiger charge is -2.45. The number of carbonyl (C=O) groups excluding carboxylic acids is 1. The fourth-order valence-electron chi connectivity index (χ4n) is 6.48. The molecule has 0 atom stereocenters. The van der Waals surface area contributed by atoms with Gasteiger partial charge < -0.3 is 14.9 Å². The number of carboxylic acids is 1. The summed E-state index contributed by atoms with van der Waals surface area (Å²) in [5.41, 5.74) is 0.359. The molecule has 3 saturated heterocycles. The van der Waals surface area contributed by atoms with Gasteiger partial charge in [-0.25, -0.2) is 13.2 Å². The van der Waals surface area contributed by atoms with Crippen LogP contribution in [0.1, 0.15) is 49.7 Å². The number of carboxylic acid groups (broad SMARTS) is 1. The van der Waals surface area contributed by atoms with Gasteiger partial charge in [0.25, 0.3) is 0 Å². The first-order valence-corrected chi connectivity index (χ1v) is 15.9. The molecule has 2 N–H and O–H groups in total. The predicted octanol–water partition coefficient (Wildman–Crippen LogP) is 3.67. The molecule has 3 aliphatic heterocycles. The molecule has 0 saturated carbocycles. The van der Waals surface area contributed by atoms with Crippen LogP contribution in [0.5, 0.6) is 0 Å². The van der Waals surface area contributed by atoms with Crippen LogP contribution in [-0.4, -0.2) is 89.6 Å². The van der Waals surface area contributed by atoms with Crippen LogP contribution in [0.15, 0.2) is 30.5 Å². The fourth-order valence-corrected chi connectivity index (χ4v) is 6.97. The lowest BCUT2D eigenvalue weighted by Crippen LogP contribution is -2.53. The van der Waals surface area contributed by atoms with E-state index in [0.29, 0.717) is 64.1 Å². The Morgan fingerprint density at radius 2 is 1.76 bits per heavy atom. The van der Waals surface area contributed by atoms with Crippen molar-refractivity contribution < 1.29 is 36.3 Å². The number of hydrogen-bond acceptors (Lipinski definition) is 7. The Bertz CT molecular complexity index is 1430. The Morgan fingerprint density at radius 1 is 1.07 bits per heavy atom. The average molecular weight is 613 g/mol. The second-order valence-electron chi connectivity index (χ2n) is 11.5. The van der Waals surface area contributed by atoms with Crippen LogP contribution < -0.4 is 9.62 Å². The third-order valence-electron chi connectivity index (χ3n) is 8.74. The highest BCUT2D eigenvalue weighted by Gasteiger charge is 2.44. The molecule has 3 fully saturated rings. The number of piperidine rings is 2. The Morgan fingerprint density at radius 3 is 2.38 bits per heavy atom. The van der Waals surface area contributed by atoms with Crippen LogP contribution >= 0.6 is 0 Å². The van der Waals surface area contributed by atoms with Crippen LogP contribution in [0.4, 0.5) is 29.5 Å². The summed E-state index contributed by atoms with van der Waals surface area (Å²) in [6, 6.07) is 4.91. The molecule has 0 bridgehead atoms. The first-order chi connectivity index (χ1) is 19.7. The van der Waals surface area contributed by atoms with Crippen molar-refractivity contribution in [3.05, 3.63) is 41.6 Å². The van der Waals surface area contributed by atoms with Crippen molar-refractivity contribution >= 4 is 33.5 Å².